The van der Waals surface area contributed by atoms with Crippen LogP contribution in [0.4, 0.5) is 5.69 Å². The van der Waals surface area contributed by atoms with E-state index in [9.17, 15) is 9.59 Å². The molecule has 0 saturated carbocycles. The number of nitrogens with two attached hydrogens (primary N) is 1. The maximum Gasteiger partial charge on any atom is 0.338 e. The van der Waals surface area contributed by atoms with E-state index < -0.39 is 5.97 Å². The second kappa shape index (κ2) is 9.04. The van der Waals surface area contributed by atoms with Crippen molar-refractivity contribution in [3.63, 3.8) is 0 Å². The molecular formula is C21H26N2O3. The minimum absolute atomic E-state index is 0.136. The highest BCUT2D eigenvalue weighted by Gasteiger charge is 2.19. The van der Waals surface area contributed by atoms with Crippen molar-refractivity contribution < 1.29 is 14.3 Å². The van der Waals surface area contributed by atoms with Gasteiger partial charge in [0.1, 0.15) is 0 Å². The van der Waals surface area contributed by atoms with Crippen LogP contribution in [0.5, 0.6) is 0 Å². The van der Waals surface area contributed by atoms with E-state index in [1.54, 1.807) is 24.3 Å². The Hall–Kier alpha value is -2.82. The molecule has 0 bridgehead atoms. The Morgan fingerprint density at radius 1 is 1.04 bits per heavy atom. The van der Waals surface area contributed by atoms with Gasteiger partial charge in [-0.15, -0.1) is 0 Å². The van der Waals surface area contributed by atoms with Crippen LogP contribution in [0.15, 0.2) is 48.5 Å². The number of nitrogen functional groups attached to an aromatic ring is 1. The minimum Gasteiger partial charge on any atom is -0.452 e. The van der Waals surface area contributed by atoms with Crippen molar-refractivity contribution in [2.24, 2.45) is 5.92 Å². The molecule has 2 aromatic carbocycles. The average Bonchev–Trinajstić information content (AvgIpc) is 2.64. The molecule has 2 aromatic rings. The summed E-state index contributed by atoms with van der Waals surface area (Å²) in [6.45, 7) is 5.86. The lowest BCUT2D eigenvalue weighted by molar-refractivity contribution is -0.125. The Kier molecular flexibility index (Phi) is 6.78. The number of ether oxygens (including phenoxy) is 1. The average molecular weight is 354 g/mol. The Labute approximate surface area is 154 Å². The summed E-state index contributed by atoms with van der Waals surface area (Å²) in [4.78, 5) is 24.2. The van der Waals surface area contributed by atoms with Crippen LogP contribution < -0.4 is 11.1 Å². The van der Waals surface area contributed by atoms with Gasteiger partial charge < -0.3 is 15.8 Å². The number of carbonyl (C=O) groups excluding carboxylic acids is 2. The van der Waals surface area contributed by atoms with Gasteiger partial charge in [0.05, 0.1) is 11.6 Å². The first kappa shape index (κ1) is 19.5. The molecule has 138 valence electrons. The van der Waals surface area contributed by atoms with Crippen LogP contribution in [0, 0.1) is 5.92 Å². The molecule has 2 rings (SSSR count). The van der Waals surface area contributed by atoms with Gasteiger partial charge in [0.25, 0.3) is 5.91 Å². The SMILES string of the molecule is CCc1ccc([C@@H](NC(=O)COC(=O)c2ccc(N)cc2)C(C)C)cc1. The van der Waals surface area contributed by atoms with E-state index in [4.69, 9.17) is 10.5 Å². The second-order valence-electron chi connectivity index (χ2n) is 6.58. The number of benzene rings is 2. The topological polar surface area (TPSA) is 81.4 Å². The summed E-state index contributed by atoms with van der Waals surface area (Å²) in [5, 5.41) is 2.95. The van der Waals surface area contributed by atoms with Gasteiger partial charge in [-0.05, 0) is 47.7 Å². The van der Waals surface area contributed by atoms with Crippen LogP contribution in [0.3, 0.4) is 0 Å². The number of hydrogen-bond donors (Lipinski definition) is 2. The van der Waals surface area contributed by atoms with E-state index in [1.165, 1.54) is 5.56 Å². The number of esters is 1. The van der Waals surface area contributed by atoms with Crippen LogP contribution in [0.2, 0.25) is 0 Å². The number of nitrogens with one attached hydrogen (secondary N) is 1. The molecule has 0 saturated heterocycles. The van der Waals surface area contributed by atoms with Crippen LogP contribution in [0.25, 0.3) is 0 Å². The first-order valence-electron chi connectivity index (χ1n) is 8.81. The first-order chi connectivity index (χ1) is 12.4. The normalized spacial score (nSPS) is 11.8. The Morgan fingerprint density at radius 3 is 2.19 bits per heavy atom. The lowest BCUT2D eigenvalue weighted by Gasteiger charge is -2.23. The molecule has 0 fully saturated rings. The Bertz CT molecular complexity index is 737. The Morgan fingerprint density at radius 2 is 1.65 bits per heavy atom. The van der Waals surface area contributed by atoms with Crippen molar-refractivity contribution in [3.8, 4) is 0 Å². The molecule has 0 spiro atoms. The van der Waals surface area contributed by atoms with Crippen molar-refractivity contribution in [1.82, 2.24) is 5.32 Å². The molecule has 3 N–H and O–H groups in total. The second-order valence-corrected chi connectivity index (χ2v) is 6.58. The number of rotatable bonds is 7. The predicted molar refractivity (Wildman–Crippen MR) is 103 cm³/mol. The minimum atomic E-state index is -0.548. The molecular weight excluding hydrogens is 328 g/mol. The molecule has 26 heavy (non-hydrogen) atoms. The van der Waals surface area contributed by atoms with Crippen molar-refractivity contribution in [2.45, 2.75) is 33.2 Å². The van der Waals surface area contributed by atoms with Gasteiger partial charge in [-0.1, -0.05) is 45.0 Å². The maximum atomic E-state index is 12.2. The molecule has 0 aliphatic rings. The molecule has 1 amide bonds. The van der Waals surface area contributed by atoms with Crippen molar-refractivity contribution in [3.05, 3.63) is 65.2 Å². The van der Waals surface area contributed by atoms with Gasteiger partial charge in [0, 0.05) is 5.69 Å². The summed E-state index contributed by atoms with van der Waals surface area (Å²) >= 11 is 0. The highest BCUT2D eigenvalue weighted by molar-refractivity contribution is 5.91. The summed E-state index contributed by atoms with van der Waals surface area (Å²) in [6, 6.07) is 14.4. The summed E-state index contributed by atoms with van der Waals surface area (Å²) in [7, 11) is 0. The van der Waals surface area contributed by atoms with Crippen molar-refractivity contribution in [1.29, 1.82) is 0 Å². The standard InChI is InChI=1S/C21H26N2O3/c1-4-15-5-7-16(8-6-15)20(14(2)3)23-19(24)13-26-21(25)17-9-11-18(22)12-10-17/h5-12,14,20H,4,13,22H2,1-3H3,(H,23,24)/t20-/m0/s1. The number of amides is 1. The zero-order valence-corrected chi connectivity index (χ0v) is 15.5. The van der Waals surface area contributed by atoms with Crippen LogP contribution >= 0.6 is 0 Å². The van der Waals surface area contributed by atoms with E-state index in [2.05, 4.69) is 24.4 Å². The smallest absolute Gasteiger partial charge is 0.338 e. The monoisotopic (exact) mass is 354 g/mol. The van der Waals surface area contributed by atoms with Crippen LogP contribution in [0.1, 0.15) is 48.3 Å². The summed E-state index contributed by atoms with van der Waals surface area (Å²) in [6.07, 6.45) is 0.972. The quantitative estimate of drug-likeness (QED) is 0.589. The van der Waals surface area contributed by atoms with Crippen molar-refractivity contribution >= 4 is 17.6 Å². The van der Waals surface area contributed by atoms with Gasteiger partial charge in [0.15, 0.2) is 6.61 Å². The molecule has 0 aliphatic heterocycles. The number of carbonyl (C=O) groups is 2. The fourth-order valence-electron chi connectivity index (χ4n) is 2.64. The van der Waals surface area contributed by atoms with Gasteiger partial charge in [0.2, 0.25) is 0 Å². The highest BCUT2D eigenvalue weighted by atomic mass is 16.5. The highest BCUT2D eigenvalue weighted by Crippen LogP contribution is 2.22. The van der Waals surface area contributed by atoms with E-state index >= 15 is 0 Å². The predicted octanol–water partition coefficient (Wildman–Crippen LogP) is 3.50. The van der Waals surface area contributed by atoms with Gasteiger partial charge in [-0.25, -0.2) is 4.79 Å². The largest absolute Gasteiger partial charge is 0.452 e. The molecule has 5 nitrogen and oxygen atoms in total. The number of hydrogen-bond acceptors (Lipinski definition) is 4. The third kappa shape index (κ3) is 5.34. The molecule has 0 heterocycles. The van der Waals surface area contributed by atoms with E-state index in [0.29, 0.717) is 11.3 Å². The lowest BCUT2D eigenvalue weighted by Crippen LogP contribution is -2.35. The summed E-state index contributed by atoms with van der Waals surface area (Å²) in [5.41, 5.74) is 8.80. The zero-order valence-electron chi connectivity index (χ0n) is 15.5. The molecule has 0 aromatic heterocycles. The Balaban J connectivity index is 1.94. The van der Waals surface area contributed by atoms with Gasteiger partial charge in [-0.2, -0.15) is 0 Å². The van der Waals surface area contributed by atoms with E-state index in [0.717, 1.165) is 12.0 Å². The lowest BCUT2D eigenvalue weighted by atomic mass is 9.95. The fraction of sp³-hybridized carbons (Fsp3) is 0.333. The van der Waals surface area contributed by atoms with E-state index in [1.807, 2.05) is 26.0 Å². The van der Waals surface area contributed by atoms with Crippen molar-refractivity contribution in [2.75, 3.05) is 12.3 Å². The van der Waals surface area contributed by atoms with Gasteiger partial charge in [-0.3, -0.25) is 4.79 Å². The third-order valence-electron chi connectivity index (χ3n) is 4.21. The zero-order chi connectivity index (χ0) is 19.1. The molecule has 0 unspecified atom stereocenters. The third-order valence-corrected chi connectivity index (χ3v) is 4.21. The number of aryl methyl sites for hydroxylation is 1. The van der Waals surface area contributed by atoms with Gasteiger partial charge >= 0.3 is 5.97 Å². The summed E-state index contributed by atoms with van der Waals surface area (Å²) in [5.74, 6) is -0.667. The fourth-order valence-corrected chi connectivity index (χ4v) is 2.64. The van der Waals surface area contributed by atoms with E-state index in [-0.39, 0.29) is 24.5 Å². The first-order valence-corrected chi connectivity index (χ1v) is 8.81. The molecule has 1 atom stereocenters. The van der Waals surface area contributed by atoms with Crippen LogP contribution in [-0.4, -0.2) is 18.5 Å². The van der Waals surface area contributed by atoms with Crippen LogP contribution in [-0.2, 0) is 16.0 Å². The molecule has 5 heteroatoms. The summed E-state index contributed by atoms with van der Waals surface area (Å²) < 4.78 is 5.09. The molecule has 0 radical (unpaired) electrons. The molecule has 0 aliphatic carbocycles. The number of anilines is 1. The maximum absolute atomic E-state index is 12.2.